The molecule has 0 aromatic carbocycles. The Balaban J connectivity index is 2.89. The van der Waals surface area contributed by atoms with E-state index in [1.807, 2.05) is 6.92 Å². The normalized spacial score (nSPS) is 10.5. The standard InChI is InChI=1S/C8H15N5OS/c1-4-14-7-10-6(13-9)11-8(12-7)15-5(2)3/h5H,4,9H2,1-3H3,(H,10,11,12,13). The van der Waals surface area contributed by atoms with Crippen LogP contribution in [-0.2, 0) is 0 Å². The molecule has 0 aliphatic carbocycles. The summed E-state index contributed by atoms with van der Waals surface area (Å²) in [5.41, 5.74) is 2.38. The van der Waals surface area contributed by atoms with E-state index in [0.29, 0.717) is 29.0 Å². The van der Waals surface area contributed by atoms with E-state index in [9.17, 15) is 0 Å². The van der Waals surface area contributed by atoms with Crippen LogP contribution in [0.15, 0.2) is 5.16 Å². The number of ether oxygens (including phenoxy) is 1. The van der Waals surface area contributed by atoms with E-state index in [2.05, 4.69) is 34.2 Å². The molecule has 0 saturated carbocycles. The van der Waals surface area contributed by atoms with Gasteiger partial charge in [-0.3, -0.25) is 5.43 Å². The van der Waals surface area contributed by atoms with Crippen molar-refractivity contribution in [3.05, 3.63) is 0 Å². The van der Waals surface area contributed by atoms with Crippen molar-refractivity contribution >= 4 is 17.7 Å². The first kappa shape index (κ1) is 12.0. The molecule has 0 aliphatic heterocycles. The van der Waals surface area contributed by atoms with Gasteiger partial charge in [0.2, 0.25) is 5.95 Å². The minimum Gasteiger partial charge on any atom is -0.464 e. The molecule has 1 heterocycles. The predicted octanol–water partition coefficient (Wildman–Crippen LogP) is 1.06. The van der Waals surface area contributed by atoms with Gasteiger partial charge in [-0.05, 0) is 6.92 Å². The molecule has 1 aromatic rings. The van der Waals surface area contributed by atoms with Gasteiger partial charge < -0.3 is 4.74 Å². The number of hydrogen-bond donors (Lipinski definition) is 2. The van der Waals surface area contributed by atoms with E-state index < -0.39 is 0 Å². The molecule has 1 aromatic heterocycles. The molecule has 15 heavy (non-hydrogen) atoms. The smallest absolute Gasteiger partial charge is 0.322 e. The van der Waals surface area contributed by atoms with Crippen LogP contribution in [0.1, 0.15) is 20.8 Å². The second-order valence-corrected chi connectivity index (χ2v) is 4.51. The van der Waals surface area contributed by atoms with Gasteiger partial charge in [0, 0.05) is 5.25 Å². The summed E-state index contributed by atoms with van der Waals surface area (Å²) in [5, 5.41) is 1.00. The van der Waals surface area contributed by atoms with E-state index in [0.717, 1.165) is 0 Å². The quantitative estimate of drug-likeness (QED) is 0.443. The fraction of sp³-hybridized carbons (Fsp3) is 0.625. The van der Waals surface area contributed by atoms with Crippen molar-refractivity contribution in [2.45, 2.75) is 31.2 Å². The molecule has 0 unspecified atom stereocenters. The Morgan fingerprint density at radius 2 is 2.13 bits per heavy atom. The summed E-state index contributed by atoms with van der Waals surface area (Å²) in [7, 11) is 0. The first-order valence-corrected chi connectivity index (χ1v) is 5.55. The van der Waals surface area contributed by atoms with Gasteiger partial charge in [-0.1, -0.05) is 25.6 Å². The minimum absolute atomic E-state index is 0.295. The number of thioether (sulfide) groups is 1. The Kier molecular flexibility index (Phi) is 4.57. The number of nitrogens with two attached hydrogens (primary N) is 1. The molecule has 0 bridgehead atoms. The first-order chi connectivity index (χ1) is 7.15. The van der Waals surface area contributed by atoms with Gasteiger partial charge in [0.05, 0.1) is 6.61 Å². The molecule has 0 saturated heterocycles. The summed E-state index contributed by atoms with van der Waals surface area (Å²) in [6.07, 6.45) is 0. The number of aromatic nitrogens is 3. The third kappa shape index (κ3) is 3.88. The number of nitrogen functional groups attached to an aromatic ring is 1. The van der Waals surface area contributed by atoms with Crippen LogP contribution in [0.3, 0.4) is 0 Å². The van der Waals surface area contributed by atoms with Crippen molar-refractivity contribution in [2.75, 3.05) is 12.0 Å². The Morgan fingerprint density at radius 3 is 2.67 bits per heavy atom. The third-order valence-corrected chi connectivity index (χ3v) is 2.20. The number of nitrogens with one attached hydrogen (secondary N) is 1. The SMILES string of the molecule is CCOc1nc(NN)nc(SC(C)C)n1. The zero-order chi connectivity index (χ0) is 11.3. The maximum atomic E-state index is 5.25. The maximum Gasteiger partial charge on any atom is 0.322 e. The van der Waals surface area contributed by atoms with E-state index >= 15 is 0 Å². The summed E-state index contributed by atoms with van der Waals surface area (Å²) in [4.78, 5) is 12.2. The van der Waals surface area contributed by atoms with Gasteiger partial charge >= 0.3 is 6.01 Å². The van der Waals surface area contributed by atoms with Crippen molar-refractivity contribution in [3.8, 4) is 6.01 Å². The second kappa shape index (κ2) is 5.72. The lowest BCUT2D eigenvalue weighted by Gasteiger charge is -2.07. The molecule has 0 atom stereocenters. The highest BCUT2D eigenvalue weighted by atomic mass is 32.2. The summed E-state index contributed by atoms with van der Waals surface area (Å²) < 4.78 is 5.20. The zero-order valence-corrected chi connectivity index (χ0v) is 9.84. The van der Waals surface area contributed by atoms with Gasteiger partial charge in [-0.25, -0.2) is 5.84 Å². The Bertz CT molecular complexity index is 320. The highest BCUT2D eigenvalue weighted by Gasteiger charge is 2.08. The third-order valence-electron chi connectivity index (χ3n) is 1.34. The second-order valence-electron chi connectivity index (χ2n) is 2.97. The molecule has 0 amide bonds. The van der Waals surface area contributed by atoms with Crippen LogP contribution in [0.2, 0.25) is 0 Å². The number of rotatable bonds is 5. The van der Waals surface area contributed by atoms with E-state index in [-0.39, 0.29) is 0 Å². The van der Waals surface area contributed by atoms with Crippen molar-refractivity contribution in [1.82, 2.24) is 15.0 Å². The van der Waals surface area contributed by atoms with Gasteiger partial charge in [0.25, 0.3) is 0 Å². The van der Waals surface area contributed by atoms with Crippen molar-refractivity contribution in [1.29, 1.82) is 0 Å². The van der Waals surface area contributed by atoms with Gasteiger partial charge in [-0.15, -0.1) is 0 Å². The van der Waals surface area contributed by atoms with Crippen LogP contribution in [0.4, 0.5) is 5.95 Å². The molecule has 0 aliphatic rings. The summed E-state index contributed by atoms with van der Waals surface area (Å²) in [6.45, 7) is 6.50. The number of nitrogens with zero attached hydrogens (tertiary/aromatic N) is 3. The zero-order valence-electron chi connectivity index (χ0n) is 9.02. The van der Waals surface area contributed by atoms with Crippen LogP contribution in [0.25, 0.3) is 0 Å². The molecule has 84 valence electrons. The van der Waals surface area contributed by atoms with Crippen LogP contribution in [0.5, 0.6) is 6.01 Å². The van der Waals surface area contributed by atoms with Crippen LogP contribution in [0, 0.1) is 0 Å². The molecular formula is C8H15N5OS. The summed E-state index contributed by atoms with van der Waals surface area (Å²) in [5.74, 6) is 5.56. The molecular weight excluding hydrogens is 214 g/mol. The topological polar surface area (TPSA) is 86.0 Å². The molecule has 3 N–H and O–H groups in total. The van der Waals surface area contributed by atoms with Crippen molar-refractivity contribution in [3.63, 3.8) is 0 Å². The molecule has 6 nitrogen and oxygen atoms in total. The highest BCUT2D eigenvalue weighted by molar-refractivity contribution is 7.99. The predicted molar refractivity (Wildman–Crippen MR) is 59.8 cm³/mol. The van der Waals surface area contributed by atoms with Gasteiger partial charge in [-0.2, -0.15) is 15.0 Å². The van der Waals surface area contributed by atoms with Crippen molar-refractivity contribution < 1.29 is 4.74 Å². The lowest BCUT2D eigenvalue weighted by molar-refractivity contribution is 0.308. The fourth-order valence-electron chi connectivity index (χ4n) is 0.860. The van der Waals surface area contributed by atoms with Crippen LogP contribution in [-0.4, -0.2) is 26.8 Å². The van der Waals surface area contributed by atoms with E-state index in [1.54, 1.807) is 0 Å². The molecule has 0 radical (unpaired) electrons. The molecule has 7 heteroatoms. The van der Waals surface area contributed by atoms with Gasteiger partial charge in [0.1, 0.15) is 0 Å². The first-order valence-electron chi connectivity index (χ1n) is 4.67. The Morgan fingerprint density at radius 1 is 1.40 bits per heavy atom. The Hall–Kier alpha value is -1.08. The monoisotopic (exact) mass is 229 g/mol. The molecule has 0 spiro atoms. The summed E-state index contributed by atoms with van der Waals surface area (Å²) in [6, 6.07) is 0.295. The highest BCUT2D eigenvalue weighted by Crippen LogP contribution is 2.21. The minimum atomic E-state index is 0.295. The van der Waals surface area contributed by atoms with Crippen molar-refractivity contribution in [2.24, 2.45) is 5.84 Å². The Labute approximate surface area is 93.0 Å². The van der Waals surface area contributed by atoms with E-state index in [1.165, 1.54) is 11.8 Å². The lowest BCUT2D eigenvalue weighted by atomic mass is 10.6. The lowest BCUT2D eigenvalue weighted by Crippen LogP contribution is -2.13. The average molecular weight is 229 g/mol. The largest absolute Gasteiger partial charge is 0.464 e. The average Bonchev–Trinajstić information content (AvgIpc) is 2.16. The van der Waals surface area contributed by atoms with Gasteiger partial charge in [0.15, 0.2) is 5.16 Å². The summed E-state index contributed by atoms with van der Waals surface area (Å²) >= 11 is 1.53. The van der Waals surface area contributed by atoms with Crippen LogP contribution < -0.4 is 16.0 Å². The van der Waals surface area contributed by atoms with Crippen LogP contribution >= 0.6 is 11.8 Å². The maximum absolute atomic E-state index is 5.25. The fourth-order valence-corrected chi connectivity index (χ4v) is 1.55. The number of hydrazine groups is 1. The van der Waals surface area contributed by atoms with E-state index in [4.69, 9.17) is 10.6 Å². The molecule has 0 fully saturated rings. The number of anilines is 1. The molecule has 1 rings (SSSR count). The number of hydrogen-bond acceptors (Lipinski definition) is 7.